The van der Waals surface area contributed by atoms with Crippen molar-refractivity contribution >= 4 is 5.91 Å². The maximum absolute atomic E-state index is 13.0. The summed E-state index contributed by atoms with van der Waals surface area (Å²) in [4.78, 5) is 17.5. The standard InChI is InChI=1S/C20H28N2O3/c1-13-8-16-10-19(25-18(16)9-14(13)2)20(23)22-11-15(3)17(12-22)21-4-6-24-7-5-21/h8-9,15,17,19H,4-7,10-12H2,1-3H3/t15-,17-,19+/m1/s1. The molecule has 0 bridgehead atoms. The molecule has 0 spiro atoms. The van der Waals surface area contributed by atoms with Crippen LogP contribution in [0.4, 0.5) is 0 Å². The van der Waals surface area contributed by atoms with Crippen LogP contribution in [0.3, 0.4) is 0 Å². The minimum Gasteiger partial charge on any atom is -0.480 e. The average Bonchev–Trinajstić information content (AvgIpc) is 3.19. The van der Waals surface area contributed by atoms with Gasteiger partial charge in [0.25, 0.3) is 5.91 Å². The van der Waals surface area contributed by atoms with Crippen LogP contribution in [0.2, 0.25) is 0 Å². The van der Waals surface area contributed by atoms with E-state index in [-0.39, 0.29) is 12.0 Å². The lowest BCUT2D eigenvalue weighted by atomic mass is 10.0. The lowest BCUT2D eigenvalue weighted by Crippen LogP contribution is -2.47. The topological polar surface area (TPSA) is 42.0 Å². The monoisotopic (exact) mass is 344 g/mol. The van der Waals surface area contributed by atoms with Gasteiger partial charge in [-0.05, 0) is 42.5 Å². The number of nitrogens with zero attached hydrogens (tertiary/aromatic N) is 2. The number of likely N-dealkylation sites (tertiary alicyclic amines) is 1. The molecule has 0 aliphatic carbocycles. The molecular formula is C20H28N2O3. The maximum Gasteiger partial charge on any atom is 0.264 e. The van der Waals surface area contributed by atoms with E-state index in [0.29, 0.717) is 18.4 Å². The molecule has 3 aliphatic heterocycles. The summed E-state index contributed by atoms with van der Waals surface area (Å²) in [6, 6.07) is 4.68. The second-order valence-corrected chi connectivity index (χ2v) is 7.79. The SMILES string of the molecule is Cc1cc2c(cc1C)O[C@H](C(=O)N1C[C@@H](C)[C@H](N3CCOCC3)C1)C2. The highest BCUT2D eigenvalue weighted by Gasteiger charge is 2.40. The second-order valence-electron chi connectivity index (χ2n) is 7.79. The molecule has 4 rings (SSSR count). The molecule has 1 amide bonds. The third-order valence-corrected chi connectivity index (χ3v) is 6.03. The predicted molar refractivity (Wildman–Crippen MR) is 96.0 cm³/mol. The maximum atomic E-state index is 13.0. The summed E-state index contributed by atoms with van der Waals surface area (Å²) in [7, 11) is 0. The Bertz CT molecular complexity index is 638. The van der Waals surface area contributed by atoms with Crippen LogP contribution >= 0.6 is 0 Å². The fourth-order valence-electron chi connectivity index (χ4n) is 4.37. The van der Waals surface area contributed by atoms with Crippen molar-refractivity contribution in [2.75, 3.05) is 39.4 Å². The highest BCUT2D eigenvalue weighted by molar-refractivity contribution is 5.83. The first-order chi connectivity index (χ1) is 12.0. The van der Waals surface area contributed by atoms with Crippen molar-refractivity contribution in [1.29, 1.82) is 0 Å². The van der Waals surface area contributed by atoms with Gasteiger partial charge in [-0.1, -0.05) is 13.0 Å². The minimum atomic E-state index is -0.355. The van der Waals surface area contributed by atoms with Gasteiger partial charge in [0.1, 0.15) is 5.75 Å². The fraction of sp³-hybridized carbons (Fsp3) is 0.650. The Morgan fingerprint density at radius 1 is 1.12 bits per heavy atom. The number of carbonyl (C=O) groups excluding carboxylic acids is 1. The van der Waals surface area contributed by atoms with Crippen molar-refractivity contribution in [3.63, 3.8) is 0 Å². The Kier molecular flexibility index (Phi) is 4.46. The van der Waals surface area contributed by atoms with Gasteiger partial charge in [-0.15, -0.1) is 0 Å². The summed E-state index contributed by atoms with van der Waals surface area (Å²) in [6.45, 7) is 11.6. The van der Waals surface area contributed by atoms with E-state index in [2.05, 4.69) is 37.8 Å². The summed E-state index contributed by atoms with van der Waals surface area (Å²) in [6.07, 6.45) is 0.342. The number of ether oxygens (including phenoxy) is 2. The molecule has 1 aromatic carbocycles. The fourth-order valence-corrected chi connectivity index (χ4v) is 4.37. The number of hydrogen-bond acceptors (Lipinski definition) is 4. The van der Waals surface area contributed by atoms with Crippen LogP contribution in [-0.2, 0) is 16.0 Å². The highest BCUT2D eigenvalue weighted by Crippen LogP contribution is 2.33. The molecule has 3 atom stereocenters. The molecule has 136 valence electrons. The van der Waals surface area contributed by atoms with Crippen molar-refractivity contribution in [3.05, 3.63) is 28.8 Å². The summed E-state index contributed by atoms with van der Waals surface area (Å²) in [5, 5.41) is 0. The number of aryl methyl sites for hydroxylation is 2. The lowest BCUT2D eigenvalue weighted by Gasteiger charge is -2.34. The van der Waals surface area contributed by atoms with Gasteiger partial charge in [0.05, 0.1) is 13.2 Å². The van der Waals surface area contributed by atoms with Gasteiger partial charge >= 0.3 is 0 Å². The molecule has 2 fully saturated rings. The normalized spacial score (nSPS) is 29.6. The van der Waals surface area contributed by atoms with Crippen molar-refractivity contribution in [2.45, 2.75) is 39.3 Å². The second kappa shape index (κ2) is 6.61. The van der Waals surface area contributed by atoms with Gasteiger partial charge in [0.2, 0.25) is 0 Å². The van der Waals surface area contributed by atoms with Crippen molar-refractivity contribution in [3.8, 4) is 5.75 Å². The molecule has 0 saturated carbocycles. The Morgan fingerprint density at radius 3 is 2.60 bits per heavy atom. The zero-order chi connectivity index (χ0) is 17.6. The number of morpholine rings is 1. The molecule has 5 nitrogen and oxygen atoms in total. The largest absolute Gasteiger partial charge is 0.480 e. The van der Waals surface area contributed by atoms with E-state index in [0.717, 1.165) is 45.1 Å². The summed E-state index contributed by atoms with van der Waals surface area (Å²) in [5.74, 6) is 1.53. The van der Waals surface area contributed by atoms with Gasteiger partial charge in [-0.25, -0.2) is 0 Å². The number of fused-ring (bicyclic) bond motifs is 1. The van der Waals surface area contributed by atoms with E-state index in [1.54, 1.807) is 0 Å². The number of amides is 1. The Morgan fingerprint density at radius 2 is 1.84 bits per heavy atom. The Hall–Kier alpha value is -1.59. The number of benzene rings is 1. The van der Waals surface area contributed by atoms with Gasteiger partial charge < -0.3 is 14.4 Å². The first kappa shape index (κ1) is 16.9. The van der Waals surface area contributed by atoms with Crippen LogP contribution in [0.15, 0.2) is 12.1 Å². The predicted octanol–water partition coefficient (Wildman–Crippen LogP) is 1.79. The first-order valence-electron chi connectivity index (χ1n) is 9.40. The minimum absolute atomic E-state index is 0.147. The highest BCUT2D eigenvalue weighted by atomic mass is 16.5. The van der Waals surface area contributed by atoms with E-state index < -0.39 is 0 Å². The van der Waals surface area contributed by atoms with Gasteiger partial charge in [-0.3, -0.25) is 9.69 Å². The third-order valence-electron chi connectivity index (χ3n) is 6.03. The van der Waals surface area contributed by atoms with Gasteiger partial charge in [0, 0.05) is 38.6 Å². The van der Waals surface area contributed by atoms with Crippen LogP contribution < -0.4 is 4.74 Å². The molecular weight excluding hydrogens is 316 g/mol. The van der Waals surface area contributed by atoms with Crippen LogP contribution in [-0.4, -0.2) is 67.2 Å². The first-order valence-corrected chi connectivity index (χ1v) is 9.40. The van der Waals surface area contributed by atoms with Crippen LogP contribution in [0.25, 0.3) is 0 Å². The average molecular weight is 344 g/mol. The zero-order valence-electron chi connectivity index (χ0n) is 15.5. The van der Waals surface area contributed by atoms with E-state index in [9.17, 15) is 4.79 Å². The summed E-state index contributed by atoms with van der Waals surface area (Å²) >= 11 is 0. The van der Waals surface area contributed by atoms with Crippen LogP contribution in [0, 0.1) is 19.8 Å². The molecule has 3 heterocycles. The molecule has 1 aromatic rings. The van der Waals surface area contributed by atoms with E-state index in [1.165, 1.54) is 16.7 Å². The van der Waals surface area contributed by atoms with E-state index >= 15 is 0 Å². The molecule has 25 heavy (non-hydrogen) atoms. The van der Waals surface area contributed by atoms with Crippen molar-refractivity contribution < 1.29 is 14.3 Å². The van der Waals surface area contributed by atoms with Crippen molar-refractivity contribution in [1.82, 2.24) is 9.80 Å². The van der Waals surface area contributed by atoms with Crippen molar-refractivity contribution in [2.24, 2.45) is 5.92 Å². The van der Waals surface area contributed by atoms with Gasteiger partial charge in [0.15, 0.2) is 6.10 Å². The Balaban J connectivity index is 1.42. The molecule has 2 saturated heterocycles. The van der Waals surface area contributed by atoms with Gasteiger partial charge in [-0.2, -0.15) is 0 Å². The summed E-state index contributed by atoms with van der Waals surface area (Å²) in [5.41, 5.74) is 3.64. The Labute approximate surface area is 149 Å². The van der Waals surface area contributed by atoms with Crippen LogP contribution in [0.1, 0.15) is 23.6 Å². The number of hydrogen-bond donors (Lipinski definition) is 0. The molecule has 3 aliphatic rings. The molecule has 0 radical (unpaired) electrons. The number of carbonyl (C=O) groups is 1. The smallest absolute Gasteiger partial charge is 0.264 e. The zero-order valence-corrected chi connectivity index (χ0v) is 15.5. The molecule has 0 unspecified atom stereocenters. The lowest BCUT2D eigenvalue weighted by molar-refractivity contribution is -0.137. The summed E-state index contributed by atoms with van der Waals surface area (Å²) < 4.78 is 11.5. The molecule has 0 aromatic heterocycles. The van der Waals surface area contributed by atoms with E-state index in [1.807, 2.05) is 4.90 Å². The quantitative estimate of drug-likeness (QED) is 0.820. The van der Waals surface area contributed by atoms with E-state index in [4.69, 9.17) is 9.47 Å². The molecule has 0 N–H and O–H groups in total. The van der Waals surface area contributed by atoms with Crippen LogP contribution in [0.5, 0.6) is 5.75 Å². The number of rotatable bonds is 2. The third kappa shape index (κ3) is 3.15. The molecule has 5 heteroatoms.